The van der Waals surface area contributed by atoms with Crippen molar-refractivity contribution in [3.8, 4) is 11.3 Å². The maximum Gasteiger partial charge on any atom is 0.335 e. The van der Waals surface area contributed by atoms with Gasteiger partial charge in [0.05, 0.1) is 11.3 Å². The van der Waals surface area contributed by atoms with Gasteiger partial charge in [0, 0.05) is 46.8 Å². The maximum atomic E-state index is 11.9. The van der Waals surface area contributed by atoms with Crippen LogP contribution in [0.2, 0.25) is 5.02 Å². The average Bonchev–Trinajstić information content (AvgIpc) is 3.14. The molecule has 3 aromatic rings. The Hall–Kier alpha value is -2.50. The number of nitrogens with one attached hydrogen (secondary N) is 1. The van der Waals surface area contributed by atoms with Crippen molar-refractivity contribution in [2.75, 3.05) is 31.1 Å². The Morgan fingerprint density at radius 1 is 1.03 bits per heavy atom. The monoisotopic (exact) mass is 505 g/mol. The molecule has 2 aromatic carbocycles. The summed E-state index contributed by atoms with van der Waals surface area (Å²) in [5.41, 5.74) is 6.59. The number of benzene rings is 2. The molecule has 1 atom stereocenters. The SMILES string of the molecule is O=C(O)c1ccc2c(C3CCCCC3)c3n(c2c1)CCN(CCC1CCCNC1)c1cc(Cl)ccc1-3. The largest absolute Gasteiger partial charge is 0.478 e. The first-order valence-corrected chi connectivity index (χ1v) is 14.1. The Morgan fingerprint density at radius 3 is 2.67 bits per heavy atom. The van der Waals surface area contributed by atoms with E-state index in [0.717, 1.165) is 49.2 Å². The lowest BCUT2D eigenvalue weighted by Crippen LogP contribution is -2.34. The standard InChI is InChI=1S/C30H36ClN3O2/c31-23-9-11-25-26(18-23)33(14-12-20-5-4-13-32-19-20)15-16-34-27-17-22(30(35)36)8-10-24(27)28(29(25)34)21-6-2-1-3-7-21/h8-11,17-18,20-21,32H,1-7,12-16,19H2,(H,35,36). The van der Waals surface area contributed by atoms with Crippen LogP contribution in [-0.4, -0.2) is 41.8 Å². The lowest BCUT2D eigenvalue weighted by molar-refractivity contribution is 0.0697. The topological polar surface area (TPSA) is 57.5 Å². The van der Waals surface area contributed by atoms with E-state index in [0.29, 0.717) is 11.5 Å². The summed E-state index contributed by atoms with van der Waals surface area (Å²) in [6, 6.07) is 12.1. The second-order valence-corrected chi connectivity index (χ2v) is 11.4. The summed E-state index contributed by atoms with van der Waals surface area (Å²) in [5.74, 6) is 0.368. The molecule has 3 heterocycles. The Kier molecular flexibility index (Phi) is 6.70. The zero-order valence-corrected chi connectivity index (χ0v) is 21.7. The first-order valence-electron chi connectivity index (χ1n) is 13.7. The number of hydrogen-bond acceptors (Lipinski definition) is 3. The van der Waals surface area contributed by atoms with Gasteiger partial charge in [0.15, 0.2) is 0 Å². The van der Waals surface area contributed by atoms with E-state index in [-0.39, 0.29) is 0 Å². The van der Waals surface area contributed by atoms with Crippen molar-refractivity contribution in [3.63, 3.8) is 0 Å². The first-order chi connectivity index (χ1) is 17.6. The third-order valence-electron chi connectivity index (χ3n) is 8.72. The number of hydrogen-bond donors (Lipinski definition) is 2. The molecule has 1 unspecified atom stereocenters. The van der Waals surface area contributed by atoms with Gasteiger partial charge in [-0.15, -0.1) is 0 Å². The molecule has 6 heteroatoms. The molecule has 6 rings (SSSR count). The summed E-state index contributed by atoms with van der Waals surface area (Å²) in [7, 11) is 0. The van der Waals surface area contributed by atoms with Crippen molar-refractivity contribution < 1.29 is 9.90 Å². The summed E-state index contributed by atoms with van der Waals surface area (Å²) < 4.78 is 2.42. The fourth-order valence-electron chi connectivity index (χ4n) is 6.89. The van der Waals surface area contributed by atoms with Crippen LogP contribution in [0.4, 0.5) is 5.69 Å². The molecule has 1 saturated carbocycles. The molecule has 1 aromatic heterocycles. The van der Waals surface area contributed by atoms with Gasteiger partial charge in [-0.3, -0.25) is 0 Å². The van der Waals surface area contributed by atoms with E-state index in [9.17, 15) is 9.90 Å². The first kappa shape index (κ1) is 23.9. The lowest BCUT2D eigenvalue weighted by Gasteiger charge is -2.29. The molecule has 36 heavy (non-hydrogen) atoms. The van der Waals surface area contributed by atoms with Gasteiger partial charge in [-0.25, -0.2) is 4.79 Å². The number of anilines is 1. The van der Waals surface area contributed by atoms with E-state index in [1.807, 2.05) is 12.1 Å². The van der Waals surface area contributed by atoms with Gasteiger partial charge >= 0.3 is 5.97 Å². The van der Waals surface area contributed by atoms with E-state index in [4.69, 9.17) is 11.6 Å². The maximum absolute atomic E-state index is 11.9. The summed E-state index contributed by atoms with van der Waals surface area (Å²) in [4.78, 5) is 14.4. The summed E-state index contributed by atoms with van der Waals surface area (Å²) >= 11 is 6.59. The van der Waals surface area contributed by atoms with Crippen LogP contribution in [0.15, 0.2) is 36.4 Å². The van der Waals surface area contributed by atoms with Crippen molar-refractivity contribution >= 4 is 34.2 Å². The van der Waals surface area contributed by atoms with Crippen molar-refractivity contribution in [1.29, 1.82) is 0 Å². The fourth-order valence-corrected chi connectivity index (χ4v) is 7.05. The van der Waals surface area contributed by atoms with E-state index in [1.165, 1.54) is 79.3 Å². The highest BCUT2D eigenvalue weighted by Gasteiger charge is 2.31. The smallest absolute Gasteiger partial charge is 0.335 e. The van der Waals surface area contributed by atoms with E-state index < -0.39 is 5.97 Å². The van der Waals surface area contributed by atoms with Crippen LogP contribution in [-0.2, 0) is 6.54 Å². The molecule has 2 aliphatic heterocycles. The molecule has 5 nitrogen and oxygen atoms in total. The number of aromatic carboxylic acids is 1. The number of piperidine rings is 1. The normalized spacial score (nSPS) is 20.7. The van der Waals surface area contributed by atoms with Gasteiger partial charge in [-0.1, -0.05) is 36.9 Å². The third kappa shape index (κ3) is 4.41. The molecule has 0 amide bonds. The van der Waals surface area contributed by atoms with Gasteiger partial charge in [0.25, 0.3) is 0 Å². The highest BCUT2D eigenvalue weighted by atomic mass is 35.5. The van der Waals surface area contributed by atoms with Gasteiger partial charge in [-0.05, 0) is 92.9 Å². The highest BCUT2D eigenvalue weighted by Crippen LogP contribution is 2.48. The third-order valence-corrected chi connectivity index (χ3v) is 8.95. The molecule has 1 aliphatic carbocycles. The van der Waals surface area contributed by atoms with Crippen LogP contribution in [0.1, 0.15) is 73.2 Å². The van der Waals surface area contributed by atoms with Gasteiger partial charge in [0.2, 0.25) is 0 Å². The summed E-state index contributed by atoms with van der Waals surface area (Å²) in [6.45, 7) is 5.01. The number of aromatic nitrogens is 1. The minimum atomic E-state index is -0.866. The molecular formula is C30H36ClN3O2. The zero-order valence-electron chi connectivity index (χ0n) is 20.9. The molecule has 3 aliphatic rings. The van der Waals surface area contributed by atoms with Crippen LogP contribution in [0.5, 0.6) is 0 Å². The molecule has 190 valence electrons. The second-order valence-electron chi connectivity index (χ2n) is 10.9. The Balaban J connectivity index is 1.48. The number of carbonyl (C=O) groups is 1. The van der Waals surface area contributed by atoms with Crippen LogP contribution in [0.3, 0.4) is 0 Å². The summed E-state index contributed by atoms with van der Waals surface area (Å²) in [6.07, 6.45) is 9.98. The lowest BCUT2D eigenvalue weighted by atomic mass is 9.81. The van der Waals surface area contributed by atoms with E-state index in [2.05, 4.69) is 33.0 Å². The molecule has 0 spiro atoms. The quantitative estimate of drug-likeness (QED) is 0.395. The molecule has 2 N–H and O–H groups in total. The average molecular weight is 506 g/mol. The molecule has 2 fully saturated rings. The minimum absolute atomic E-state index is 0.361. The second kappa shape index (κ2) is 10.1. The number of carboxylic acid groups (broad SMARTS) is 1. The molecular weight excluding hydrogens is 470 g/mol. The van der Waals surface area contributed by atoms with Crippen molar-refractivity contribution in [1.82, 2.24) is 9.88 Å². The molecule has 0 radical (unpaired) electrons. The predicted molar refractivity (Wildman–Crippen MR) is 148 cm³/mol. The van der Waals surface area contributed by atoms with E-state index >= 15 is 0 Å². The van der Waals surface area contributed by atoms with Crippen LogP contribution in [0.25, 0.3) is 22.2 Å². The number of halogens is 1. The number of nitrogens with zero attached hydrogens (tertiary/aromatic N) is 2. The van der Waals surface area contributed by atoms with Crippen LogP contribution < -0.4 is 10.2 Å². The zero-order chi connectivity index (χ0) is 24.6. The van der Waals surface area contributed by atoms with Gasteiger partial charge in [-0.2, -0.15) is 0 Å². The number of carboxylic acids is 1. The number of rotatable bonds is 5. The number of fused-ring (bicyclic) bond motifs is 5. The van der Waals surface area contributed by atoms with Crippen LogP contribution in [0, 0.1) is 5.92 Å². The molecule has 1 saturated heterocycles. The minimum Gasteiger partial charge on any atom is -0.478 e. The van der Waals surface area contributed by atoms with Crippen molar-refractivity contribution in [2.45, 2.75) is 63.8 Å². The van der Waals surface area contributed by atoms with Crippen LogP contribution >= 0.6 is 11.6 Å². The summed E-state index contributed by atoms with van der Waals surface area (Å²) in [5, 5.41) is 15.3. The highest BCUT2D eigenvalue weighted by molar-refractivity contribution is 6.31. The van der Waals surface area contributed by atoms with Gasteiger partial charge < -0.3 is 19.9 Å². The fraction of sp³-hybridized carbons (Fsp3) is 0.500. The van der Waals surface area contributed by atoms with E-state index in [1.54, 1.807) is 6.07 Å². The van der Waals surface area contributed by atoms with Crippen molar-refractivity contribution in [2.24, 2.45) is 5.92 Å². The molecule has 0 bridgehead atoms. The Morgan fingerprint density at radius 2 is 1.89 bits per heavy atom. The predicted octanol–water partition coefficient (Wildman–Crippen LogP) is 6.92. The van der Waals surface area contributed by atoms with Crippen molar-refractivity contribution in [3.05, 3.63) is 52.5 Å². The Bertz CT molecular complexity index is 1270. The van der Waals surface area contributed by atoms with Gasteiger partial charge in [0.1, 0.15) is 0 Å². The Labute approximate surface area is 218 Å².